The van der Waals surface area contributed by atoms with Crippen molar-refractivity contribution < 1.29 is 0 Å². The van der Waals surface area contributed by atoms with Crippen LogP contribution in [0.3, 0.4) is 0 Å². The van der Waals surface area contributed by atoms with E-state index in [0.717, 1.165) is 12.0 Å². The third-order valence-electron chi connectivity index (χ3n) is 2.20. The van der Waals surface area contributed by atoms with Crippen molar-refractivity contribution in [1.82, 2.24) is 0 Å². The van der Waals surface area contributed by atoms with E-state index in [2.05, 4.69) is 40.0 Å². The summed E-state index contributed by atoms with van der Waals surface area (Å²) < 4.78 is 0. The Balaban J connectivity index is 5.34. The Labute approximate surface area is 82.4 Å². The van der Waals surface area contributed by atoms with Crippen LogP contribution in [0.1, 0.15) is 34.1 Å². The van der Waals surface area contributed by atoms with Gasteiger partial charge in [0.15, 0.2) is 0 Å². The molecule has 0 fully saturated rings. The molecule has 0 saturated heterocycles. The van der Waals surface area contributed by atoms with Crippen LogP contribution in [0, 0.1) is 0 Å². The first-order valence-electron chi connectivity index (χ1n) is 4.73. The Morgan fingerprint density at radius 2 is 1.85 bits per heavy atom. The lowest BCUT2D eigenvalue weighted by Gasteiger charge is -2.11. The summed E-state index contributed by atoms with van der Waals surface area (Å²) in [6.07, 6.45) is 5.05. The van der Waals surface area contributed by atoms with Crippen molar-refractivity contribution in [3.63, 3.8) is 0 Å². The average Bonchev–Trinajstić information content (AvgIpc) is 2.12. The highest BCUT2D eigenvalue weighted by Gasteiger charge is 2.04. The van der Waals surface area contributed by atoms with Crippen LogP contribution in [0.25, 0.3) is 0 Å². The monoisotopic (exact) mass is 176 g/mol. The van der Waals surface area contributed by atoms with E-state index in [4.69, 9.17) is 0 Å². The lowest BCUT2D eigenvalue weighted by molar-refractivity contribution is 1.11. The summed E-state index contributed by atoms with van der Waals surface area (Å²) in [5, 5.41) is 0. The zero-order valence-corrected chi connectivity index (χ0v) is 9.28. The predicted molar refractivity (Wildman–Crippen MR) is 61.8 cm³/mol. The lowest BCUT2D eigenvalue weighted by atomic mass is 9.94. The van der Waals surface area contributed by atoms with Crippen molar-refractivity contribution in [2.45, 2.75) is 34.1 Å². The summed E-state index contributed by atoms with van der Waals surface area (Å²) in [4.78, 5) is 0. The summed E-state index contributed by atoms with van der Waals surface area (Å²) in [5.41, 5.74) is 4.94. The minimum atomic E-state index is 1.01. The standard InChI is InChI=1S/C13H20/c1-7-11(6)13(10(4)5)12(8-2)9-3/h7-8H,2,4,9H2,1,3,5-6H3/b11-7-,13-12+. The molecule has 0 aromatic carbocycles. The van der Waals surface area contributed by atoms with Crippen LogP contribution in [0.4, 0.5) is 0 Å². The van der Waals surface area contributed by atoms with Crippen molar-refractivity contribution in [2.75, 3.05) is 0 Å². The Morgan fingerprint density at radius 3 is 2.08 bits per heavy atom. The lowest BCUT2D eigenvalue weighted by Crippen LogP contribution is -1.92. The maximum absolute atomic E-state index is 3.99. The molecule has 0 bridgehead atoms. The van der Waals surface area contributed by atoms with E-state index < -0.39 is 0 Å². The molecule has 0 rings (SSSR count). The predicted octanol–water partition coefficient (Wildman–Crippen LogP) is 4.42. The summed E-state index contributed by atoms with van der Waals surface area (Å²) in [6, 6.07) is 0. The Hall–Kier alpha value is -1.04. The highest BCUT2D eigenvalue weighted by molar-refractivity contribution is 5.49. The van der Waals surface area contributed by atoms with Crippen molar-refractivity contribution in [1.29, 1.82) is 0 Å². The van der Waals surface area contributed by atoms with Gasteiger partial charge in [-0.25, -0.2) is 0 Å². The average molecular weight is 176 g/mol. The van der Waals surface area contributed by atoms with Crippen LogP contribution in [-0.2, 0) is 0 Å². The molecular formula is C13H20. The summed E-state index contributed by atoms with van der Waals surface area (Å²) >= 11 is 0. The van der Waals surface area contributed by atoms with Gasteiger partial charge in [0.25, 0.3) is 0 Å². The fourth-order valence-corrected chi connectivity index (χ4v) is 1.43. The van der Waals surface area contributed by atoms with E-state index in [9.17, 15) is 0 Å². The van der Waals surface area contributed by atoms with E-state index in [0.29, 0.717) is 0 Å². The molecule has 0 nitrogen and oxygen atoms in total. The number of hydrogen-bond donors (Lipinski definition) is 0. The highest BCUT2D eigenvalue weighted by Crippen LogP contribution is 2.24. The molecule has 0 aliphatic heterocycles. The van der Waals surface area contributed by atoms with Crippen molar-refractivity contribution in [3.8, 4) is 0 Å². The minimum Gasteiger partial charge on any atom is -0.0988 e. The zero-order valence-electron chi connectivity index (χ0n) is 9.28. The van der Waals surface area contributed by atoms with Gasteiger partial charge in [0.2, 0.25) is 0 Å². The molecule has 0 aliphatic rings. The minimum absolute atomic E-state index is 1.01. The molecule has 72 valence electrons. The summed E-state index contributed by atoms with van der Waals surface area (Å²) in [6.45, 7) is 16.2. The number of allylic oxidation sites excluding steroid dienone is 6. The van der Waals surface area contributed by atoms with E-state index in [-0.39, 0.29) is 0 Å². The topological polar surface area (TPSA) is 0 Å². The molecule has 13 heavy (non-hydrogen) atoms. The van der Waals surface area contributed by atoms with Gasteiger partial charge in [-0.2, -0.15) is 0 Å². The Kier molecular flexibility index (Phi) is 5.13. The van der Waals surface area contributed by atoms with Crippen molar-refractivity contribution in [3.05, 3.63) is 47.6 Å². The summed E-state index contributed by atoms with van der Waals surface area (Å²) in [5.74, 6) is 0. The quantitative estimate of drug-likeness (QED) is 0.556. The van der Waals surface area contributed by atoms with Gasteiger partial charge in [-0.3, -0.25) is 0 Å². The molecule has 0 aliphatic carbocycles. The van der Waals surface area contributed by atoms with E-state index in [1.54, 1.807) is 0 Å². The van der Waals surface area contributed by atoms with Crippen molar-refractivity contribution >= 4 is 0 Å². The molecule has 0 amide bonds. The first kappa shape index (κ1) is 12.0. The van der Waals surface area contributed by atoms with Gasteiger partial charge in [0.05, 0.1) is 0 Å². The summed E-state index contributed by atoms with van der Waals surface area (Å²) in [7, 11) is 0. The third kappa shape index (κ3) is 3.06. The maximum atomic E-state index is 3.99. The van der Waals surface area contributed by atoms with E-state index >= 15 is 0 Å². The second-order valence-corrected chi connectivity index (χ2v) is 3.21. The first-order valence-corrected chi connectivity index (χ1v) is 4.73. The van der Waals surface area contributed by atoms with Gasteiger partial charge in [-0.05, 0) is 43.9 Å². The zero-order chi connectivity index (χ0) is 10.4. The molecule has 0 N–H and O–H groups in total. The van der Waals surface area contributed by atoms with Gasteiger partial charge in [-0.15, -0.1) is 0 Å². The van der Waals surface area contributed by atoms with Crippen molar-refractivity contribution in [2.24, 2.45) is 0 Å². The molecular weight excluding hydrogens is 156 g/mol. The van der Waals surface area contributed by atoms with Gasteiger partial charge >= 0.3 is 0 Å². The van der Waals surface area contributed by atoms with Crippen LogP contribution < -0.4 is 0 Å². The van der Waals surface area contributed by atoms with E-state index in [1.807, 2.05) is 13.0 Å². The molecule has 0 heteroatoms. The molecule has 0 heterocycles. The smallest absolute Gasteiger partial charge is 0.0175 e. The van der Waals surface area contributed by atoms with Crippen LogP contribution in [0.2, 0.25) is 0 Å². The molecule has 0 atom stereocenters. The van der Waals surface area contributed by atoms with Crippen LogP contribution >= 0.6 is 0 Å². The fraction of sp³-hybridized carbons (Fsp3) is 0.385. The molecule has 0 radical (unpaired) electrons. The maximum Gasteiger partial charge on any atom is -0.0175 e. The van der Waals surface area contributed by atoms with Gasteiger partial charge in [0, 0.05) is 0 Å². The van der Waals surface area contributed by atoms with Crippen LogP contribution in [-0.4, -0.2) is 0 Å². The normalized spacial score (nSPS) is 13.7. The SMILES string of the molecule is C=C/C(CC)=C(C(=C)C)\C(C)=C/C. The Bertz CT molecular complexity index is 262. The largest absolute Gasteiger partial charge is 0.0988 e. The molecule has 0 aromatic heterocycles. The third-order valence-corrected chi connectivity index (χ3v) is 2.20. The molecule has 0 spiro atoms. The van der Waals surface area contributed by atoms with Gasteiger partial charge in [-0.1, -0.05) is 37.8 Å². The second-order valence-electron chi connectivity index (χ2n) is 3.21. The van der Waals surface area contributed by atoms with Crippen LogP contribution in [0.5, 0.6) is 0 Å². The van der Waals surface area contributed by atoms with Gasteiger partial charge in [0.1, 0.15) is 0 Å². The first-order chi connectivity index (χ1) is 6.08. The second kappa shape index (κ2) is 5.58. The number of rotatable bonds is 4. The fourth-order valence-electron chi connectivity index (χ4n) is 1.43. The Morgan fingerprint density at radius 1 is 1.31 bits per heavy atom. The molecule has 0 unspecified atom stereocenters. The molecule has 0 aromatic rings. The highest BCUT2D eigenvalue weighted by atomic mass is 14.1. The molecule has 0 saturated carbocycles. The van der Waals surface area contributed by atoms with E-state index in [1.165, 1.54) is 16.7 Å². The van der Waals surface area contributed by atoms with Gasteiger partial charge < -0.3 is 0 Å². The van der Waals surface area contributed by atoms with Crippen LogP contribution in [0.15, 0.2) is 47.6 Å². The number of hydrogen-bond acceptors (Lipinski definition) is 0.